The van der Waals surface area contributed by atoms with Crippen LogP contribution in [0, 0.1) is 23.7 Å². The van der Waals surface area contributed by atoms with Crippen LogP contribution < -0.4 is 5.32 Å². The molecule has 2 fully saturated rings. The highest BCUT2D eigenvalue weighted by Gasteiger charge is 2.45. The molecule has 8 unspecified atom stereocenters. The van der Waals surface area contributed by atoms with Crippen molar-refractivity contribution in [2.75, 3.05) is 20.6 Å². The van der Waals surface area contributed by atoms with Crippen LogP contribution >= 0.6 is 0 Å². The number of likely N-dealkylation sites (N-methyl/N-ethyl adjacent to an activating group) is 2. The average molecular weight is 741 g/mol. The van der Waals surface area contributed by atoms with Gasteiger partial charge in [0.2, 0.25) is 17.7 Å². The predicted molar refractivity (Wildman–Crippen MR) is 202 cm³/mol. The lowest BCUT2D eigenvalue weighted by atomic mass is 9.94. The molecule has 2 saturated heterocycles. The Labute approximate surface area is 316 Å². The van der Waals surface area contributed by atoms with Gasteiger partial charge in [0.1, 0.15) is 30.3 Å². The smallest absolute Gasteiger partial charge is 0.329 e. The molecule has 2 aliphatic rings. The van der Waals surface area contributed by atoms with Gasteiger partial charge in [0, 0.05) is 27.1 Å². The Hall–Kier alpha value is -3.96. The third kappa shape index (κ3) is 10.8. The van der Waals surface area contributed by atoms with Gasteiger partial charge in [0.15, 0.2) is 6.10 Å². The van der Waals surface area contributed by atoms with Crippen LogP contribution in [0.5, 0.6) is 0 Å². The maximum absolute atomic E-state index is 14.3. The first-order valence-electron chi connectivity index (χ1n) is 19.6. The van der Waals surface area contributed by atoms with E-state index in [4.69, 9.17) is 9.47 Å². The van der Waals surface area contributed by atoms with Crippen LogP contribution in [0.25, 0.3) is 0 Å². The lowest BCUT2D eigenvalue weighted by Crippen LogP contribution is -2.57. The number of cyclic esters (lactones) is 2. The van der Waals surface area contributed by atoms with Gasteiger partial charge in [-0.05, 0) is 49.0 Å². The summed E-state index contributed by atoms with van der Waals surface area (Å²) in [7, 11) is 3.07. The monoisotopic (exact) mass is 740 g/mol. The van der Waals surface area contributed by atoms with Crippen LogP contribution in [0.15, 0.2) is 30.3 Å². The molecule has 8 atom stereocenters. The zero-order chi connectivity index (χ0) is 39.6. The molecule has 12 nitrogen and oxygen atoms in total. The third-order valence-corrected chi connectivity index (χ3v) is 11.0. The Balaban J connectivity index is 2.18. The number of amides is 4. The predicted octanol–water partition coefficient (Wildman–Crippen LogP) is 4.77. The number of rotatable bonds is 10. The molecular formula is C41H64N4O8. The zero-order valence-corrected chi connectivity index (χ0v) is 33.6. The summed E-state index contributed by atoms with van der Waals surface area (Å²) in [6, 6.07) is 5.24. The van der Waals surface area contributed by atoms with Crippen molar-refractivity contribution in [1.82, 2.24) is 20.0 Å². The van der Waals surface area contributed by atoms with Gasteiger partial charge in [-0.3, -0.25) is 19.2 Å². The first kappa shape index (κ1) is 43.4. The summed E-state index contributed by atoms with van der Waals surface area (Å²) in [4.78, 5) is 89.4. The van der Waals surface area contributed by atoms with Crippen molar-refractivity contribution in [3.05, 3.63) is 35.9 Å². The second-order valence-electron chi connectivity index (χ2n) is 15.7. The van der Waals surface area contributed by atoms with E-state index in [1.165, 1.54) is 21.7 Å². The molecule has 2 aliphatic heterocycles. The summed E-state index contributed by atoms with van der Waals surface area (Å²) >= 11 is 0. The zero-order valence-electron chi connectivity index (χ0n) is 33.6. The minimum atomic E-state index is -1.23. The molecule has 1 aromatic rings. The number of nitrogens with one attached hydrogen (secondary N) is 1. The highest BCUT2D eigenvalue weighted by Crippen LogP contribution is 2.28. The standard InChI is InChI=1S/C41H64N4O8/c1-11-13-15-22-32-28(8)36(46)42-33(25(3)4)38(48)43(9)31(24-29-19-16-14-17-20-29)40(50)53-35(26(5)6)39(49)45-23-18-21-30(45)37(47)44(10)34(27(7)12-2)41(51)52-32/h14,16-17,19-20,25-28,30-35H,11-13,15,18,21-24H2,1-10H3,(H,42,46). The lowest BCUT2D eigenvalue weighted by molar-refractivity contribution is -0.171. The fraction of sp³-hybridized carbons (Fsp3) is 0.707. The molecule has 4 amide bonds. The van der Waals surface area contributed by atoms with E-state index in [2.05, 4.69) is 12.2 Å². The maximum atomic E-state index is 14.3. The fourth-order valence-electron chi connectivity index (χ4n) is 7.27. The van der Waals surface area contributed by atoms with Crippen molar-refractivity contribution in [3.63, 3.8) is 0 Å². The highest BCUT2D eigenvalue weighted by atomic mass is 16.6. The molecule has 2 heterocycles. The number of esters is 2. The van der Waals surface area contributed by atoms with Crippen molar-refractivity contribution in [3.8, 4) is 0 Å². The molecular weight excluding hydrogens is 676 g/mol. The number of carbonyl (C=O) groups excluding carboxylic acids is 6. The Morgan fingerprint density at radius 3 is 2.06 bits per heavy atom. The van der Waals surface area contributed by atoms with Gasteiger partial charge in [-0.25, -0.2) is 9.59 Å². The van der Waals surface area contributed by atoms with Crippen molar-refractivity contribution >= 4 is 35.6 Å². The Morgan fingerprint density at radius 1 is 0.811 bits per heavy atom. The van der Waals surface area contributed by atoms with E-state index in [0.29, 0.717) is 32.1 Å². The van der Waals surface area contributed by atoms with Gasteiger partial charge in [0.25, 0.3) is 5.91 Å². The number of unbranched alkanes of at least 4 members (excludes halogenated alkanes) is 2. The van der Waals surface area contributed by atoms with Gasteiger partial charge >= 0.3 is 11.9 Å². The second kappa shape index (κ2) is 19.9. The van der Waals surface area contributed by atoms with Crippen LogP contribution in [0.3, 0.4) is 0 Å². The molecule has 1 aromatic carbocycles. The van der Waals surface area contributed by atoms with Crippen LogP contribution in [0.4, 0.5) is 0 Å². The number of benzene rings is 1. The topological polar surface area (TPSA) is 143 Å². The Morgan fingerprint density at radius 2 is 1.47 bits per heavy atom. The summed E-state index contributed by atoms with van der Waals surface area (Å²) in [6.45, 7) is 15.0. The van der Waals surface area contributed by atoms with Crippen LogP contribution in [0.1, 0.15) is 106 Å². The van der Waals surface area contributed by atoms with E-state index < -0.39 is 83.8 Å². The second-order valence-corrected chi connectivity index (χ2v) is 15.7. The minimum absolute atomic E-state index is 0.109. The summed E-state index contributed by atoms with van der Waals surface area (Å²) in [5.74, 6) is -5.16. The van der Waals surface area contributed by atoms with E-state index in [0.717, 1.165) is 18.4 Å². The quantitative estimate of drug-likeness (QED) is 0.267. The largest absolute Gasteiger partial charge is 0.460 e. The molecule has 0 spiro atoms. The molecule has 1 N–H and O–H groups in total. The fourth-order valence-corrected chi connectivity index (χ4v) is 7.27. The SMILES string of the molecule is CCCCCC1OC(=O)C(C(C)CC)N(C)C(=O)C2CCCN2C(=O)C(C(C)C)OC(=O)C(Cc2ccccc2)N(C)C(=O)C(C(C)C)NC(=O)C1C. The lowest BCUT2D eigenvalue weighted by Gasteiger charge is -2.37. The van der Waals surface area contributed by atoms with Crippen molar-refractivity contribution in [2.45, 2.75) is 143 Å². The minimum Gasteiger partial charge on any atom is -0.460 e. The molecule has 12 heteroatoms. The third-order valence-electron chi connectivity index (χ3n) is 11.0. The molecule has 53 heavy (non-hydrogen) atoms. The highest BCUT2D eigenvalue weighted by molar-refractivity contribution is 5.95. The molecule has 0 aromatic heterocycles. The Kier molecular flexibility index (Phi) is 16.3. The van der Waals surface area contributed by atoms with Gasteiger partial charge < -0.3 is 29.5 Å². The summed E-state index contributed by atoms with van der Waals surface area (Å²) in [5, 5.41) is 2.92. The van der Waals surface area contributed by atoms with E-state index in [-0.39, 0.29) is 24.8 Å². The summed E-state index contributed by atoms with van der Waals surface area (Å²) in [5.41, 5.74) is 0.777. The van der Waals surface area contributed by atoms with E-state index in [9.17, 15) is 28.8 Å². The number of nitrogens with zero attached hydrogens (tertiary/aromatic N) is 3. The molecule has 296 valence electrons. The summed E-state index contributed by atoms with van der Waals surface area (Å²) < 4.78 is 12.2. The maximum Gasteiger partial charge on any atom is 0.329 e. The number of carbonyl (C=O) groups is 6. The normalized spacial score (nSPS) is 27.9. The van der Waals surface area contributed by atoms with Gasteiger partial charge in [-0.2, -0.15) is 0 Å². The average Bonchev–Trinajstić information content (AvgIpc) is 3.63. The van der Waals surface area contributed by atoms with Crippen LogP contribution in [-0.4, -0.2) is 107 Å². The van der Waals surface area contributed by atoms with E-state index >= 15 is 0 Å². The number of hydrogen-bond donors (Lipinski definition) is 1. The van der Waals surface area contributed by atoms with Crippen molar-refractivity contribution in [1.29, 1.82) is 0 Å². The van der Waals surface area contributed by atoms with E-state index in [1.807, 2.05) is 58.0 Å². The first-order valence-corrected chi connectivity index (χ1v) is 19.6. The molecule has 0 bridgehead atoms. The summed E-state index contributed by atoms with van der Waals surface area (Å²) in [6.07, 6.45) is 2.51. The number of hydrogen-bond acceptors (Lipinski definition) is 8. The van der Waals surface area contributed by atoms with Gasteiger partial charge in [0.05, 0.1) is 5.92 Å². The van der Waals surface area contributed by atoms with Crippen molar-refractivity contribution < 1.29 is 38.2 Å². The van der Waals surface area contributed by atoms with E-state index in [1.54, 1.807) is 27.8 Å². The first-order chi connectivity index (χ1) is 25.0. The molecule has 0 aliphatic carbocycles. The Bertz CT molecular complexity index is 1420. The van der Waals surface area contributed by atoms with Crippen LogP contribution in [0.2, 0.25) is 0 Å². The number of fused-ring (bicyclic) bond motifs is 1. The molecule has 3 rings (SSSR count). The van der Waals surface area contributed by atoms with Crippen molar-refractivity contribution in [2.24, 2.45) is 23.7 Å². The van der Waals surface area contributed by atoms with Gasteiger partial charge in [-0.1, -0.05) is 105 Å². The molecule has 0 saturated carbocycles. The van der Waals surface area contributed by atoms with Crippen LogP contribution in [-0.2, 0) is 44.7 Å². The van der Waals surface area contributed by atoms with Gasteiger partial charge in [-0.15, -0.1) is 0 Å². The number of ether oxygens (including phenoxy) is 2. The molecule has 0 radical (unpaired) electrons.